The second-order valence-corrected chi connectivity index (χ2v) is 10.1. The first-order chi connectivity index (χ1) is 11.9. The van der Waals surface area contributed by atoms with Crippen LogP contribution in [0.2, 0.25) is 0 Å². The van der Waals surface area contributed by atoms with Crippen LogP contribution in [0, 0.1) is 22.7 Å². The number of carbonyl (C=O) groups excluding carboxylic acids is 3. The van der Waals surface area contributed by atoms with Crippen LogP contribution in [0.5, 0.6) is 0 Å². The standard InChI is InChI=1S/C21H36N2O3/c1-20(2,3)15-9-12-22(13-10-15)17(24)8-7-11-23-18(25)14-16(19(23)26)21(4,5)6/h15-16H,7-14H2,1-6H3. The number of piperidine rings is 1. The molecule has 0 aromatic rings. The van der Waals surface area contributed by atoms with E-state index in [4.69, 9.17) is 0 Å². The molecule has 5 nitrogen and oxygen atoms in total. The normalized spacial score (nSPS) is 23.1. The number of nitrogens with zero attached hydrogens (tertiary/aromatic N) is 2. The molecule has 2 aliphatic rings. The van der Waals surface area contributed by atoms with Gasteiger partial charge in [-0.2, -0.15) is 0 Å². The summed E-state index contributed by atoms with van der Waals surface area (Å²) in [6, 6.07) is 0. The molecule has 2 fully saturated rings. The van der Waals surface area contributed by atoms with Gasteiger partial charge in [0.2, 0.25) is 17.7 Å². The molecule has 2 saturated heterocycles. The van der Waals surface area contributed by atoms with Gasteiger partial charge >= 0.3 is 0 Å². The monoisotopic (exact) mass is 364 g/mol. The Morgan fingerprint density at radius 1 is 1.00 bits per heavy atom. The summed E-state index contributed by atoms with van der Waals surface area (Å²) < 4.78 is 0. The minimum absolute atomic E-state index is 0.0686. The Morgan fingerprint density at radius 3 is 2.04 bits per heavy atom. The first-order valence-corrected chi connectivity index (χ1v) is 10.0. The van der Waals surface area contributed by atoms with E-state index < -0.39 is 0 Å². The summed E-state index contributed by atoms with van der Waals surface area (Å²) >= 11 is 0. The van der Waals surface area contributed by atoms with E-state index in [9.17, 15) is 14.4 Å². The molecule has 2 rings (SSSR count). The van der Waals surface area contributed by atoms with Crippen LogP contribution in [-0.2, 0) is 14.4 Å². The average molecular weight is 365 g/mol. The molecule has 0 radical (unpaired) electrons. The van der Waals surface area contributed by atoms with Crippen LogP contribution in [0.4, 0.5) is 0 Å². The molecule has 5 heteroatoms. The number of carbonyl (C=O) groups is 3. The fraction of sp³-hybridized carbons (Fsp3) is 0.857. The predicted octanol–water partition coefficient (Wildman–Crippen LogP) is 3.47. The second kappa shape index (κ2) is 7.69. The van der Waals surface area contributed by atoms with E-state index in [0.717, 1.165) is 25.9 Å². The number of hydrogen-bond donors (Lipinski definition) is 0. The number of hydrogen-bond acceptors (Lipinski definition) is 3. The highest BCUT2D eigenvalue weighted by Crippen LogP contribution is 2.36. The fourth-order valence-electron chi connectivity index (χ4n) is 4.14. The summed E-state index contributed by atoms with van der Waals surface area (Å²) in [5.74, 6) is 0.431. The highest BCUT2D eigenvalue weighted by atomic mass is 16.2. The van der Waals surface area contributed by atoms with Crippen molar-refractivity contribution in [3.8, 4) is 0 Å². The molecule has 0 spiro atoms. The van der Waals surface area contributed by atoms with E-state index in [1.807, 2.05) is 25.7 Å². The van der Waals surface area contributed by atoms with Crippen molar-refractivity contribution in [2.75, 3.05) is 19.6 Å². The highest BCUT2D eigenvalue weighted by molar-refractivity contribution is 6.03. The van der Waals surface area contributed by atoms with Crippen molar-refractivity contribution < 1.29 is 14.4 Å². The van der Waals surface area contributed by atoms with Crippen molar-refractivity contribution >= 4 is 17.7 Å². The van der Waals surface area contributed by atoms with Crippen LogP contribution in [0.15, 0.2) is 0 Å². The summed E-state index contributed by atoms with van der Waals surface area (Å²) in [6.45, 7) is 14.8. The highest BCUT2D eigenvalue weighted by Gasteiger charge is 2.44. The third kappa shape index (κ3) is 4.86. The lowest BCUT2D eigenvalue weighted by Crippen LogP contribution is -2.41. The van der Waals surface area contributed by atoms with Crippen molar-refractivity contribution in [3.63, 3.8) is 0 Å². The zero-order chi connectivity index (χ0) is 19.7. The Hall–Kier alpha value is -1.39. The van der Waals surface area contributed by atoms with Gasteiger partial charge < -0.3 is 4.90 Å². The summed E-state index contributed by atoms with van der Waals surface area (Å²) in [5.41, 5.74) is 0.101. The number of likely N-dealkylation sites (tertiary alicyclic amines) is 2. The summed E-state index contributed by atoms with van der Waals surface area (Å²) in [7, 11) is 0. The van der Waals surface area contributed by atoms with Crippen molar-refractivity contribution in [1.82, 2.24) is 9.80 Å². The van der Waals surface area contributed by atoms with Crippen LogP contribution >= 0.6 is 0 Å². The minimum Gasteiger partial charge on any atom is -0.343 e. The van der Waals surface area contributed by atoms with Crippen LogP contribution < -0.4 is 0 Å². The van der Waals surface area contributed by atoms with Gasteiger partial charge in [-0.15, -0.1) is 0 Å². The Morgan fingerprint density at radius 2 is 1.58 bits per heavy atom. The predicted molar refractivity (Wildman–Crippen MR) is 102 cm³/mol. The van der Waals surface area contributed by atoms with Crippen molar-refractivity contribution in [2.45, 2.75) is 73.6 Å². The summed E-state index contributed by atoms with van der Waals surface area (Å²) in [4.78, 5) is 40.4. The van der Waals surface area contributed by atoms with E-state index in [1.165, 1.54) is 4.90 Å². The molecule has 0 aromatic heterocycles. The minimum atomic E-state index is -0.234. The van der Waals surface area contributed by atoms with Crippen LogP contribution in [-0.4, -0.2) is 47.2 Å². The summed E-state index contributed by atoms with van der Waals surface area (Å²) in [5, 5.41) is 0. The second-order valence-electron chi connectivity index (χ2n) is 10.1. The molecule has 1 atom stereocenters. The molecule has 2 aliphatic heterocycles. The van der Waals surface area contributed by atoms with E-state index in [1.54, 1.807) is 0 Å². The lowest BCUT2D eigenvalue weighted by molar-refractivity contribution is -0.141. The largest absolute Gasteiger partial charge is 0.343 e. The third-order valence-electron chi connectivity index (χ3n) is 6.13. The molecule has 1 unspecified atom stereocenters. The zero-order valence-electron chi connectivity index (χ0n) is 17.4. The van der Waals surface area contributed by atoms with Gasteiger partial charge in [0.05, 0.1) is 5.92 Å². The quantitative estimate of drug-likeness (QED) is 0.718. The smallest absolute Gasteiger partial charge is 0.233 e. The van der Waals surface area contributed by atoms with Crippen molar-refractivity contribution in [3.05, 3.63) is 0 Å². The lowest BCUT2D eigenvalue weighted by Gasteiger charge is -2.38. The maximum atomic E-state index is 12.5. The third-order valence-corrected chi connectivity index (χ3v) is 6.13. The van der Waals surface area contributed by atoms with E-state index >= 15 is 0 Å². The molecule has 2 heterocycles. The Labute approximate surface area is 158 Å². The van der Waals surface area contributed by atoms with Gasteiger partial charge in [0, 0.05) is 32.5 Å². The maximum absolute atomic E-state index is 12.5. The molecule has 148 valence electrons. The molecule has 3 amide bonds. The van der Waals surface area contributed by atoms with Gasteiger partial charge in [0.1, 0.15) is 0 Å². The molecular weight excluding hydrogens is 328 g/mol. The zero-order valence-corrected chi connectivity index (χ0v) is 17.4. The Bertz CT molecular complexity index is 549. The fourth-order valence-corrected chi connectivity index (χ4v) is 4.14. The maximum Gasteiger partial charge on any atom is 0.233 e. The molecule has 0 aromatic carbocycles. The van der Waals surface area contributed by atoms with E-state index in [2.05, 4.69) is 20.8 Å². The first-order valence-electron chi connectivity index (χ1n) is 10.0. The van der Waals surface area contributed by atoms with Gasteiger partial charge in [-0.3, -0.25) is 19.3 Å². The molecule has 0 aliphatic carbocycles. The van der Waals surface area contributed by atoms with Gasteiger partial charge in [-0.25, -0.2) is 0 Å². The first kappa shape index (κ1) is 20.9. The number of imide groups is 1. The van der Waals surface area contributed by atoms with Gasteiger partial charge in [0.15, 0.2) is 0 Å². The van der Waals surface area contributed by atoms with Crippen LogP contribution in [0.1, 0.15) is 73.6 Å². The SMILES string of the molecule is CC(C)(C)C1CCN(C(=O)CCCN2C(=O)CC(C(C)(C)C)C2=O)CC1. The Kier molecular flexibility index (Phi) is 6.19. The average Bonchev–Trinajstić information content (AvgIpc) is 2.82. The number of amides is 3. The number of rotatable bonds is 4. The van der Waals surface area contributed by atoms with Crippen molar-refractivity contribution in [1.29, 1.82) is 0 Å². The van der Waals surface area contributed by atoms with Crippen LogP contribution in [0.3, 0.4) is 0 Å². The molecule has 0 N–H and O–H groups in total. The molecule has 0 saturated carbocycles. The lowest BCUT2D eigenvalue weighted by atomic mass is 9.75. The molecular formula is C21H36N2O3. The van der Waals surface area contributed by atoms with Gasteiger partial charge in [-0.1, -0.05) is 41.5 Å². The summed E-state index contributed by atoms with van der Waals surface area (Å²) in [6.07, 6.45) is 3.40. The van der Waals surface area contributed by atoms with E-state index in [-0.39, 0.29) is 29.1 Å². The molecule has 0 bridgehead atoms. The molecule has 26 heavy (non-hydrogen) atoms. The van der Waals surface area contributed by atoms with Crippen LogP contribution in [0.25, 0.3) is 0 Å². The van der Waals surface area contributed by atoms with Gasteiger partial charge in [0.25, 0.3) is 0 Å². The van der Waals surface area contributed by atoms with Gasteiger partial charge in [-0.05, 0) is 36.0 Å². The topological polar surface area (TPSA) is 57.7 Å². The van der Waals surface area contributed by atoms with Crippen molar-refractivity contribution in [2.24, 2.45) is 22.7 Å². The Balaban J connectivity index is 1.77. The van der Waals surface area contributed by atoms with E-state index in [0.29, 0.717) is 37.1 Å².